The van der Waals surface area contributed by atoms with Gasteiger partial charge in [0.2, 0.25) is 5.95 Å². The number of anilines is 2. The van der Waals surface area contributed by atoms with E-state index in [2.05, 4.69) is 32.2 Å². The highest BCUT2D eigenvalue weighted by Crippen LogP contribution is 2.18. The molecule has 2 aromatic carbocycles. The maximum absolute atomic E-state index is 12.7. The molecule has 0 saturated heterocycles. The minimum absolute atomic E-state index is 0.00780. The van der Waals surface area contributed by atoms with E-state index < -0.39 is 10.0 Å². The highest BCUT2D eigenvalue weighted by Gasteiger charge is 2.16. The number of carbonyl (C=O) groups is 1. The molecule has 0 aliphatic rings. The number of hydrogen-bond donors (Lipinski definition) is 3. The summed E-state index contributed by atoms with van der Waals surface area (Å²) in [4.78, 5) is 20.8. The molecule has 35 heavy (non-hydrogen) atoms. The standard InChI is InChI=1S/C24H27N5O4S2/c1-4-5-13-33-20-8-6-7-18(15-20)22(30)28-24(34)27-19-9-11-21(12-10-19)35(31,32)29-23-25-16(2)14-17(3)26-23/h6-12,14-15H,4-5,13H2,1-3H3,(H,25,26,29)(H2,27,28,30,34). The molecular formula is C24H27N5O4S2. The van der Waals surface area contributed by atoms with Crippen LogP contribution >= 0.6 is 12.2 Å². The third-order valence-electron chi connectivity index (χ3n) is 4.72. The minimum Gasteiger partial charge on any atom is -0.494 e. The molecule has 1 aromatic heterocycles. The third-order valence-corrected chi connectivity index (χ3v) is 6.27. The zero-order valence-corrected chi connectivity index (χ0v) is 21.3. The fraction of sp³-hybridized carbons (Fsp3) is 0.250. The van der Waals surface area contributed by atoms with E-state index in [0.29, 0.717) is 35.0 Å². The first-order chi connectivity index (χ1) is 16.7. The molecule has 0 radical (unpaired) electrons. The summed E-state index contributed by atoms with van der Waals surface area (Å²) in [6.07, 6.45) is 1.95. The zero-order chi connectivity index (χ0) is 25.4. The van der Waals surface area contributed by atoms with Crippen LogP contribution in [0.15, 0.2) is 59.5 Å². The van der Waals surface area contributed by atoms with Crippen LogP contribution in [0.4, 0.5) is 11.6 Å². The van der Waals surface area contributed by atoms with Gasteiger partial charge >= 0.3 is 0 Å². The van der Waals surface area contributed by atoms with E-state index in [1.807, 2.05) is 0 Å². The lowest BCUT2D eigenvalue weighted by molar-refractivity contribution is 0.0977. The molecule has 3 aromatic rings. The number of rotatable bonds is 9. The summed E-state index contributed by atoms with van der Waals surface area (Å²) in [6, 6.07) is 14.5. The number of aromatic nitrogens is 2. The highest BCUT2D eigenvalue weighted by atomic mass is 32.2. The summed E-state index contributed by atoms with van der Waals surface area (Å²) in [5.41, 5.74) is 2.22. The van der Waals surface area contributed by atoms with Crippen molar-refractivity contribution in [3.05, 3.63) is 71.5 Å². The quantitative estimate of drug-likeness (QED) is 0.287. The first-order valence-electron chi connectivity index (χ1n) is 11.0. The Morgan fingerprint density at radius 1 is 1.03 bits per heavy atom. The molecule has 184 valence electrons. The van der Waals surface area contributed by atoms with E-state index in [1.54, 1.807) is 44.2 Å². The second-order valence-corrected chi connectivity index (χ2v) is 9.83. The van der Waals surface area contributed by atoms with Crippen LogP contribution in [0.5, 0.6) is 5.75 Å². The Kier molecular flexibility index (Phi) is 8.72. The molecule has 1 amide bonds. The van der Waals surface area contributed by atoms with Gasteiger partial charge in [0, 0.05) is 22.6 Å². The van der Waals surface area contributed by atoms with E-state index >= 15 is 0 Å². The van der Waals surface area contributed by atoms with Crippen molar-refractivity contribution < 1.29 is 17.9 Å². The van der Waals surface area contributed by atoms with Gasteiger partial charge in [-0.2, -0.15) is 0 Å². The van der Waals surface area contributed by atoms with Gasteiger partial charge in [-0.15, -0.1) is 0 Å². The van der Waals surface area contributed by atoms with Gasteiger partial charge in [-0.25, -0.2) is 23.1 Å². The van der Waals surface area contributed by atoms with Crippen LogP contribution in [0.3, 0.4) is 0 Å². The number of thiocarbonyl (C=S) groups is 1. The van der Waals surface area contributed by atoms with E-state index in [9.17, 15) is 13.2 Å². The van der Waals surface area contributed by atoms with Gasteiger partial charge in [-0.3, -0.25) is 10.1 Å². The summed E-state index contributed by atoms with van der Waals surface area (Å²) in [5.74, 6) is 0.232. The summed E-state index contributed by atoms with van der Waals surface area (Å²) in [5, 5.41) is 5.55. The molecular weight excluding hydrogens is 486 g/mol. The fourth-order valence-corrected chi connectivity index (χ4v) is 4.22. The summed E-state index contributed by atoms with van der Waals surface area (Å²) >= 11 is 5.23. The maximum Gasteiger partial charge on any atom is 0.264 e. The normalized spacial score (nSPS) is 10.9. The van der Waals surface area contributed by atoms with Crippen LogP contribution < -0.4 is 20.1 Å². The minimum atomic E-state index is -3.88. The molecule has 0 spiro atoms. The van der Waals surface area contributed by atoms with Crippen molar-refractivity contribution in [2.24, 2.45) is 0 Å². The Morgan fingerprint density at radius 3 is 2.37 bits per heavy atom. The molecule has 11 heteroatoms. The van der Waals surface area contributed by atoms with Crippen molar-refractivity contribution in [2.75, 3.05) is 16.6 Å². The third kappa shape index (κ3) is 7.72. The number of amides is 1. The number of sulfonamides is 1. The Morgan fingerprint density at radius 2 is 1.71 bits per heavy atom. The number of ether oxygens (including phenoxy) is 1. The Labute approximate surface area is 210 Å². The van der Waals surface area contributed by atoms with Gasteiger partial charge in [-0.05, 0) is 81.0 Å². The van der Waals surface area contributed by atoms with E-state index in [4.69, 9.17) is 17.0 Å². The molecule has 0 aliphatic heterocycles. The molecule has 0 fully saturated rings. The van der Waals surface area contributed by atoms with Crippen LogP contribution in [0.1, 0.15) is 41.5 Å². The lowest BCUT2D eigenvalue weighted by Gasteiger charge is -2.12. The number of nitrogens with one attached hydrogen (secondary N) is 3. The van der Waals surface area contributed by atoms with Crippen LogP contribution in [0.2, 0.25) is 0 Å². The van der Waals surface area contributed by atoms with Crippen molar-refractivity contribution in [2.45, 2.75) is 38.5 Å². The van der Waals surface area contributed by atoms with Crippen molar-refractivity contribution in [1.29, 1.82) is 0 Å². The predicted molar refractivity (Wildman–Crippen MR) is 139 cm³/mol. The Hall–Kier alpha value is -3.57. The SMILES string of the molecule is CCCCOc1cccc(C(=O)NC(=S)Nc2ccc(S(=O)(=O)Nc3nc(C)cc(C)n3)cc2)c1. The molecule has 0 atom stereocenters. The zero-order valence-electron chi connectivity index (χ0n) is 19.7. The molecule has 0 bridgehead atoms. The van der Waals surface area contributed by atoms with Gasteiger partial charge in [0.15, 0.2) is 5.11 Å². The topological polar surface area (TPSA) is 122 Å². The maximum atomic E-state index is 12.7. The van der Waals surface area contributed by atoms with Crippen molar-refractivity contribution in [1.82, 2.24) is 15.3 Å². The monoisotopic (exact) mass is 513 g/mol. The first kappa shape index (κ1) is 26.0. The summed E-state index contributed by atoms with van der Waals surface area (Å²) in [7, 11) is -3.88. The average Bonchev–Trinajstić information content (AvgIpc) is 2.79. The number of aryl methyl sites for hydroxylation is 2. The second kappa shape index (κ2) is 11.7. The summed E-state index contributed by atoms with van der Waals surface area (Å²) < 4.78 is 33.3. The molecule has 3 rings (SSSR count). The molecule has 0 saturated carbocycles. The molecule has 9 nitrogen and oxygen atoms in total. The van der Waals surface area contributed by atoms with Gasteiger partial charge in [0.1, 0.15) is 5.75 Å². The van der Waals surface area contributed by atoms with Crippen LogP contribution in [0.25, 0.3) is 0 Å². The average molecular weight is 514 g/mol. The van der Waals surface area contributed by atoms with Crippen LogP contribution in [-0.4, -0.2) is 36.0 Å². The van der Waals surface area contributed by atoms with Gasteiger partial charge in [0.05, 0.1) is 11.5 Å². The predicted octanol–water partition coefficient (Wildman–Crippen LogP) is 4.20. The summed E-state index contributed by atoms with van der Waals surface area (Å²) in [6.45, 7) is 6.17. The van der Waals surface area contributed by atoms with E-state index in [0.717, 1.165) is 12.8 Å². The first-order valence-corrected chi connectivity index (χ1v) is 12.9. The second-order valence-electron chi connectivity index (χ2n) is 7.74. The van der Waals surface area contributed by atoms with Crippen molar-refractivity contribution >= 4 is 44.9 Å². The molecule has 0 unspecified atom stereocenters. The molecule has 0 aliphatic carbocycles. The number of hydrogen-bond acceptors (Lipinski definition) is 7. The largest absolute Gasteiger partial charge is 0.494 e. The highest BCUT2D eigenvalue weighted by molar-refractivity contribution is 7.92. The van der Waals surface area contributed by atoms with E-state index in [-0.39, 0.29) is 21.9 Å². The number of nitrogens with zero attached hydrogens (tertiary/aromatic N) is 2. The van der Waals surface area contributed by atoms with Crippen molar-refractivity contribution in [3.8, 4) is 5.75 Å². The smallest absolute Gasteiger partial charge is 0.264 e. The Bertz CT molecular complexity index is 1290. The number of carbonyl (C=O) groups excluding carboxylic acids is 1. The number of benzene rings is 2. The lowest BCUT2D eigenvalue weighted by atomic mass is 10.2. The van der Waals surface area contributed by atoms with Gasteiger partial charge in [0.25, 0.3) is 15.9 Å². The molecule has 3 N–H and O–H groups in total. The van der Waals surface area contributed by atoms with Gasteiger partial charge < -0.3 is 10.1 Å². The molecule has 1 heterocycles. The Balaban J connectivity index is 1.59. The van der Waals surface area contributed by atoms with Crippen LogP contribution in [0, 0.1) is 13.8 Å². The lowest BCUT2D eigenvalue weighted by Crippen LogP contribution is -2.34. The van der Waals surface area contributed by atoms with Crippen molar-refractivity contribution in [3.63, 3.8) is 0 Å². The fourth-order valence-electron chi connectivity index (χ4n) is 3.07. The van der Waals surface area contributed by atoms with Crippen LogP contribution in [-0.2, 0) is 10.0 Å². The van der Waals surface area contributed by atoms with Gasteiger partial charge in [-0.1, -0.05) is 19.4 Å². The van der Waals surface area contributed by atoms with E-state index in [1.165, 1.54) is 24.3 Å². The number of unbranched alkanes of at least 4 members (excludes halogenated alkanes) is 1.